The Hall–Kier alpha value is -1.67. The molecule has 0 spiro atoms. The Kier molecular flexibility index (Phi) is 7.97. The maximum Gasteiger partial charge on any atom is 0.505 e. The molecule has 0 radical (unpaired) electrons. The topological polar surface area (TPSA) is 66.8 Å². The Bertz CT molecular complexity index is 681. The van der Waals surface area contributed by atoms with Crippen LogP contribution in [0.2, 0.25) is 0 Å². The first kappa shape index (κ1) is 19.4. The van der Waals surface area contributed by atoms with Gasteiger partial charge >= 0.3 is 6.16 Å². The molecular formula is C15H12Br2F2O4. The summed E-state index contributed by atoms with van der Waals surface area (Å²) in [5.74, 6) is -1.30. The molecule has 0 saturated carbocycles. The number of benzene rings is 2. The highest BCUT2D eigenvalue weighted by molar-refractivity contribution is 9.10. The molecule has 2 rings (SSSR count). The Morgan fingerprint density at radius 2 is 1.61 bits per heavy atom. The number of halogens is 4. The number of carboxylic acid groups (broad SMARTS) is 1. The highest BCUT2D eigenvalue weighted by Crippen LogP contribution is 2.19. The van der Waals surface area contributed by atoms with Gasteiger partial charge in [-0.05, 0) is 35.9 Å². The van der Waals surface area contributed by atoms with Crippen molar-refractivity contribution < 1.29 is 28.5 Å². The summed E-state index contributed by atoms with van der Waals surface area (Å²) in [7, 11) is 0. The van der Waals surface area contributed by atoms with Gasteiger partial charge in [-0.25, -0.2) is 13.6 Å². The Labute approximate surface area is 148 Å². The highest BCUT2D eigenvalue weighted by atomic mass is 79.9. The van der Waals surface area contributed by atoms with E-state index in [0.29, 0.717) is 14.5 Å². The zero-order valence-electron chi connectivity index (χ0n) is 11.6. The fraction of sp³-hybridized carbons (Fsp3) is 0.133. The Balaban J connectivity index is 0.000000253. The van der Waals surface area contributed by atoms with Gasteiger partial charge in [-0.15, -0.1) is 0 Å². The van der Waals surface area contributed by atoms with Crippen LogP contribution in [0, 0.1) is 11.6 Å². The van der Waals surface area contributed by atoms with Crippen LogP contribution in [0.3, 0.4) is 0 Å². The minimum absolute atomic E-state index is 0.0338. The van der Waals surface area contributed by atoms with Crippen molar-refractivity contribution in [2.24, 2.45) is 0 Å². The van der Waals surface area contributed by atoms with Crippen LogP contribution in [0.4, 0.5) is 13.6 Å². The fourth-order valence-electron chi connectivity index (χ4n) is 1.45. The molecule has 0 bridgehead atoms. The second-order valence-electron chi connectivity index (χ2n) is 4.20. The average Bonchev–Trinajstić information content (AvgIpc) is 2.46. The van der Waals surface area contributed by atoms with E-state index in [9.17, 15) is 13.6 Å². The molecule has 0 aliphatic rings. The third-order valence-electron chi connectivity index (χ3n) is 2.52. The predicted molar refractivity (Wildman–Crippen MR) is 87.5 cm³/mol. The van der Waals surface area contributed by atoms with Gasteiger partial charge in [0.15, 0.2) is 11.6 Å². The van der Waals surface area contributed by atoms with Gasteiger partial charge in [-0.2, -0.15) is 0 Å². The van der Waals surface area contributed by atoms with Crippen molar-refractivity contribution in [3.05, 3.63) is 62.5 Å². The predicted octanol–water partition coefficient (Wildman–Crippen LogP) is 5.12. The fourth-order valence-corrected chi connectivity index (χ4v) is 2.12. The second-order valence-corrected chi connectivity index (χ2v) is 6.03. The largest absolute Gasteiger partial charge is 0.505 e. The molecule has 0 aliphatic heterocycles. The van der Waals surface area contributed by atoms with Crippen LogP contribution in [0.25, 0.3) is 0 Å². The van der Waals surface area contributed by atoms with Crippen LogP contribution < -0.4 is 0 Å². The van der Waals surface area contributed by atoms with E-state index in [1.54, 1.807) is 18.2 Å². The van der Waals surface area contributed by atoms with Gasteiger partial charge in [-0.3, -0.25) is 0 Å². The van der Waals surface area contributed by atoms with Gasteiger partial charge in [0.05, 0.1) is 6.61 Å². The summed E-state index contributed by atoms with van der Waals surface area (Å²) in [5, 5.41) is 16.8. The molecule has 4 nitrogen and oxygen atoms in total. The van der Waals surface area contributed by atoms with Crippen LogP contribution in [0.15, 0.2) is 45.3 Å². The normalized spacial score (nSPS) is 9.74. The number of carbonyl (C=O) groups is 1. The van der Waals surface area contributed by atoms with Crippen LogP contribution in [-0.4, -0.2) is 23.0 Å². The summed E-state index contributed by atoms with van der Waals surface area (Å²) < 4.78 is 31.0. The highest BCUT2D eigenvalue weighted by Gasteiger charge is 2.04. The van der Waals surface area contributed by atoms with Crippen molar-refractivity contribution >= 4 is 38.0 Å². The number of hydrogen-bond acceptors (Lipinski definition) is 3. The smallest absolute Gasteiger partial charge is 0.505 e. The minimum Gasteiger partial charge on any atom is -0.505 e. The summed E-state index contributed by atoms with van der Waals surface area (Å²) in [6.07, 6.45) is -1.10. The van der Waals surface area contributed by atoms with Gasteiger partial charge in [0.25, 0.3) is 0 Å². The van der Waals surface area contributed by atoms with E-state index in [1.165, 1.54) is 18.2 Å². The Morgan fingerprint density at radius 3 is 2.09 bits per heavy atom. The maximum atomic E-state index is 13.1. The molecule has 8 heteroatoms. The van der Waals surface area contributed by atoms with Crippen LogP contribution >= 0.6 is 31.9 Å². The van der Waals surface area contributed by atoms with Gasteiger partial charge in [-0.1, -0.05) is 37.9 Å². The molecule has 0 aromatic heterocycles. The van der Waals surface area contributed by atoms with Crippen LogP contribution in [0.1, 0.15) is 5.56 Å². The zero-order chi connectivity index (χ0) is 17.4. The van der Waals surface area contributed by atoms with Crippen molar-refractivity contribution in [3.63, 3.8) is 0 Å². The molecule has 124 valence electrons. The standard InChI is InChI=1S/C9H8BrFO3.C6H4BrFO/c10-7-2-1-6(8(11)5-7)3-4-14-9(12)13;7-4-1-2-6(9)5(8)3-4/h1-2,5H,3-4H2,(H,12,13);1-3,9H. The number of phenols is 1. The van der Waals surface area contributed by atoms with E-state index in [4.69, 9.17) is 10.2 Å². The number of phenolic OH excluding ortho intramolecular Hbond substituents is 1. The molecule has 0 heterocycles. The molecule has 0 amide bonds. The summed E-state index contributed by atoms with van der Waals surface area (Å²) in [6, 6.07) is 8.67. The van der Waals surface area contributed by atoms with Gasteiger partial charge in [0.2, 0.25) is 0 Å². The molecule has 0 fully saturated rings. The summed E-state index contributed by atoms with van der Waals surface area (Å²) in [4.78, 5) is 10.0. The lowest BCUT2D eigenvalue weighted by atomic mass is 10.1. The number of ether oxygens (including phenoxy) is 1. The lowest BCUT2D eigenvalue weighted by Gasteiger charge is -2.03. The third-order valence-corrected chi connectivity index (χ3v) is 3.51. The first-order valence-electron chi connectivity index (χ1n) is 6.23. The van der Waals surface area contributed by atoms with Gasteiger partial charge in [0, 0.05) is 15.4 Å². The van der Waals surface area contributed by atoms with Crippen molar-refractivity contribution in [3.8, 4) is 5.75 Å². The van der Waals surface area contributed by atoms with E-state index in [0.717, 1.165) is 0 Å². The molecule has 2 aromatic carbocycles. The molecule has 23 heavy (non-hydrogen) atoms. The van der Waals surface area contributed by atoms with Crippen molar-refractivity contribution in [1.82, 2.24) is 0 Å². The summed E-state index contributed by atoms with van der Waals surface area (Å²) in [5.41, 5.74) is 0.439. The quantitative estimate of drug-likeness (QED) is 0.633. The molecule has 0 unspecified atom stereocenters. The molecule has 0 atom stereocenters. The first-order chi connectivity index (χ1) is 10.8. The summed E-state index contributed by atoms with van der Waals surface area (Å²) >= 11 is 6.17. The van der Waals surface area contributed by atoms with E-state index in [2.05, 4.69) is 36.6 Å². The molecule has 0 aliphatic carbocycles. The number of rotatable bonds is 3. The van der Waals surface area contributed by atoms with Crippen LogP contribution in [-0.2, 0) is 11.2 Å². The first-order valence-corrected chi connectivity index (χ1v) is 7.82. The van der Waals surface area contributed by atoms with Gasteiger partial charge < -0.3 is 14.9 Å². The average molecular weight is 454 g/mol. The molecule has 0 saturated heterocycles. The lowest BCUT2D eigenvalue weighted by Crippen LogP contribution is -2.05. The minimum atomic E-state index is -1.34. The number of hydrogen-bond donors (Lipinski definition) is 2. The third kappa shape index (κ3) is 7.43. The van der Waals surface area contributed by atoms with Crippen molar-refractivity contribution in [2.45, 2.75) is 6.42 Å². The Morgan fingerprint density at radius 1 is 1.04 bits per heavy atom. The van der Waals surface area contributed by atoms with Gasteiger partial charge in [0.1, 0.15) is 5.82 Å². The molecule has 2 aromatic rings. The van der Waals surface area contributed by atoms with E-state index in [1.807, 2.05) is 0 Å². The summed E-state index contributed by atoms with van der Waals surface area (Å²) in [6.45, 7) is -0.0338. The van der Waals surface area contributed by atoms with E-state index < -0.39 is 12.0 Å². The molecular weight excluding hydrogens is 442 g/mol. The second kappa shape index (κ2) is 9.46. The van der Waals surface area contributed by atoms with E-state index in [-0.39, 0.29) is 24.6 Å². The van der Waals surface area contributed by atoms with Crippen molar-refractivity contribution in [2.75, 3.05) is 6.61 Å². The lowest BCUT2D eigenvalue weighted by molar-refractivity contribution is 0.0925. The van der Waals surface area contributed by atoms with Crippen LogP contribution in [0.5, 0.6) is 5.75 Å². The monoisotopic (exact) mass is 452 g/mol. The van der Waals surface area contributed by atoms with Crippen molar-refractivity contribution in [1.29, 1.82) is 0 Å². The van der Waals surface area contributed by atoms with E-state index >= 15 is 0 Å². The molecule has 2 N–H and O–H groups in total. The zero-order valence-corrected chi connectivity index (χ0v) is 14.8. The number of aromatic hydroxyl groups is 1. The SMILES string of the molecule is O=C(O)OCCc1ccc(Br)cc1F.Oc1ccc(Br)cc1F. The maximum absolute atomic E-state index is 13.1.